The molecule has 32 heavy (non-hydrogen) atoms. The standard InChI is InChI=1S/C25H27N5OS/c31-25(12-6-11-24-27-21-9-4-5-10-22(21)32-24)29-15-13-19(14-16-29)17-23-28-26-18-30(23)20-7-2-1-3-8-20/h1-5,7-10,18-19H,6,11-17H2. The van der Waals surface area contributed by atoms with Crippen LogP contribution in [0, 0.1) is 5.92 Å². The lowest BCUT2D eigenvalue weighted by atomic mass is 9.93. The third kappa shape index (κ3) is 4.72. The number of likely N-dealkylation sites (tertiary alicyclic amines) is 1. The summed E-state index contributed by atoms with van der Waals surface area (Å²) in [6, 6.07) is 18.4. The molecule has 0 saturated carbocycles. The van der Waals surface area contributed by atoms with E-state index in [4.69, 9.17) is 0 Å². The molecule has 1 amide bonds. The number of aryl methyl sites for hydroxylation is 1. The number of amides is 1. The van der Waals surface area contributed by atoms with E-state index in [9.17, 15) is 4.79 Å². The van der Waals surface area contributed by atoms with Crippen LogP contribution in [0.4, 0.5) is 0 Å². The molecule has 2 aromatic heterocycles. The molecular formula is C25H27N5OS. The van der Waals surface area contributed by atoms with Gasteiger partial charge in [-0.2, -0.15) is 0 Å². The SMILES string of the molecule is O=C(CCCc1nc2ccccc2s1)N1CCC(Cc2nncn2-c2ccccc2)CC1. The number of piperidine rings is 1. The first-order valence-corrected chi connectivity index (χ1v) is 12.1. The fourth-order valence-electron chi connectivity index (χ4n) is 4.42. The van der Waals surface area contributed by atoms with Gasteiger partial charge in [0, 0.05) is 31.6 Å². The van der Waals surface area contributed by atoms with Crippen molar-refractivity contribution >= 4 is 27.5 Å². The van der Waals surface area contributed by atoms with Crippen molar-refractivity contribution in [3.05, 3.63) is 71.8 Å². The lowest BCUT2D eigenvalue weighted by Gasteiger charge is -2.32. The van der Waals surface area contributed by atoms with E-state index in [1.54, 1.807) is 17.7 Å². The van der Waals surface area contributed by atoms with Gasteiger partial charge in [-0.05, 0) is 55.9 Å². The second kappa shape index (κ2) is 9.61. The van der Waals surface area contributed by atoms with Gasteiger partial charge >= 0.3 is 0 Å². The maximum Gasteiger partial charge on any atom is 0.222 e. The lowest BCUT2D eigenvalue weighted by Crippen LogP contribution is -2.39. The predicted molar refractivity (Wildman–Crippen MR) is 127 cm³/mol. The van der Waals surface area contributed by atoms with Crippen molar-refractivity contribution in [2.24, 2.45) is 5.92 Å². The first-order chi connectivity index (χ1) is 15.8. The fourth-order valence-corrected chi connectivity index (χ4v) is 5.43. The number of nitrogens with zero attached hydrogens (tertiary/aromatic N) is 5. The Morgan fingerprint density at radius 1 is 1.03 bits per heavy atom. The summed E-state index contributed by atoms with van der Waals surface area (Å²) in [5.41, 5.74) is 2.15. The Morgan fingerprint density at radius 2 is 1.81 bits per heavy atom. The number of hydrogen-bond acceptors (Lipinski definition) is 5. The molecule has 0 aliphatic carbocycles. The van der Waals surface area contributed by atoms with E-state index < -0.39 is 0 Å². The number of fused-ring (bicyclic) bond motifs is 1. The number of thiazole rings is 1. The summed E-state index contributed by atoms with van der Waals surface area (Å²) in [5, 5.41) is 9.60. The van der Waals surface area contributed by atoms with Gasteiger partial charge in [0.1, 0.15) is 12.2 Å². The molecule has 2 aromatic carbocycles. The highest BCUT2D eigenvalue weighted by Gasteiger charge is 2.24. The zero-order valence-corrected chi connectivity index (χ0v) is 18.9. The van der Waals surface area contributed by atoms with Crippen LogP contribution < -0.4 is 0 Å². The Bertz CT molecular complexity index is 1140. The van der Waals surface area contributed by atoms with Gasteiger partial charge in [0.15, 0.2) is 0 Å². The third-order valence-electron chi connectivity index (χ3n) is 6.21. The van der Waals surface area contributed by atoms with Crippen LogP contribution in [-0.4, -0.2) is 43.6 Å². The molecule has 0 unspecified atom stereocenters. The van der Waals surface area contributed by atoms with Crippen LogP contribution >= 0.6 is 11.3 Å². The maximum atomic E-state index is 12.7. The minimum Gasteiger partial charge on any atom is -0.343 e. The number of carbonyl (C=O) groups excluding carboxylic acids is 1. The summed E-state index contributed by atoms with van der Waals surface area (Å²) >= 11 is 1.74. The number of benzene rings is 2. The van der Waals surface area contributed by atoms with Crippen molar-refractivity contribution < 1.29 is 4.79 Å². The zero-order valence-electron chi connectivity index (χ0n) is 18.1. The maximum absolute atomic E-state index is 12.7. The third-order valence-corrected chi connectivity index (χ3v) is 7.31. The van der Waals surface area contributed by atoms with Crippen LogP contribution in [0.5, 0.6) is 0 Å². The predicted octanol–water partition coefficient (Wildman–Crippen LogP) is 4.68. The van der Waals surface area contributed by atoms with Crippen molar-refractivity contribution in [3.8, 4) is 5.69 Å². The molecule has 1 saturated heterocycles. The molecule has 1 aliphatic rings. The van der Waals surface area contributed by atoms with Crippen molar-refractivity contribution in [2.45, 2.75) is 38.5 Å². The van der Waals surface area contributed by atoms with Gasteiger partial charge in [0.2, 0.25) is 5.91 Å². The minimum absolute atomic E-state index is 0.275. The van der Waals surface area contributed by atoms with E-state index in [-0.39, 0.29) is 5.91 Å². The first kappa shape index (κ1) is 20.8. The quantitative estimate of drug-likeness (QED) is 0.414. The Morgan fingerprint density at radius 3 is 2.62 bits per heavy atom. The molecule has 0 bridgehead atoms. The number of hydrogen-bond donors (Lipinski definition) is 0. The minimum atomic E-state index is 0.275. The monoisotopic (exact) mass is 445 g/mol. The number of rotatable bonds is 7. The molecule has 6 nitrogen and oxygen atoms in total. The molecule has 0 radical (unpaired) electrons. The van der Waals surface area contributed by atoms with E-state index >= 15 is 0 Å². The van der Waals surface area contributed by atoms with E-state index in [0.717, 1.165) is 67.2 Å². The molecule has 5 rings (SSSR count). The van der Waals surface area contributed by atoms with Gasteiger partial charge in [-0.3, -0.25) is 9.36 Å². The molecule has 0 spiro atoms. The van der Waals surface area contributed by atoms with E-state index in [2.05, 4.69) is 37.9 Å². The summed E-state index contributed by atoms with van der Waals surface area (Å²) in [6.07, 6.45) is 7.05. The van der Waals surface area contributed by atoms with Crippen LogP contribution in [-0.2, 0) is 17.6 Å². The summed E-state index contributed by atoms with van der Waals surface area (Å²) < 4.78 is 3.29. The average Bonchev–Trinajstić information content (AvgIpc) is 3.46. The molecular weight excluding hydrogens is 418 g/mol. The second-order valence-electron chi connectivity index (χ2n) is 8.41. The molecule has 4 aromatic rings. The molecule has 7 heteroatoms. The molecule has 1 aliphatic heterocycles. The summed E-state index contributed by atoms with van der Waals surface area (Å²) in [6.45, 7) is 1.67. The number of para-hydroxylation sites is 2. The normalized spacial score (nSPS) is 14.8. The summed E-state index contributed by atoms with van der Waals surface area (Å²) in [4.78, 5) is 19.4. The first-order valence-electron chi connectivity index (χ1n) is 11.3. The zero-order chi connectivity index (χ0) is 21.8. The molecule has 1 fully saturated rings. The van der Waals surface area contributed by atoms with Crippen molar-refractivity contribution in [1.29, 1.82) is 0 Å². The largest absolute Gasteiger partial charge is 0.343 e. The highest BCUT2D eigenvalue weighted by Crippen LogP contribution is 2.25. The van der Waals surface area contributed by atoms with Crippen molar-refractivity contribution in [1.82, 2.24) is 24.6 Å². The van der Waals surface area contributed by atoms with Crippen LogP contribution in [0.15, 0.2) is 60.9 Å². The van der Waals surface area contributed by atoms with E-state index in [1.165, 1.54) is 4.70 Å². The van der Waals surface area contributed by atoms with E-state index in [1.807, 2.05) is 41.3 Å². The summed E-state index contributed by atoms with van der Waals surface area (Å²) in [7, 11) is 0. The van der Waals surface area contributed by atoms with Gasteiger partial charge < -0.3 is 4.90 Å². The molecule has 3 heterocycles. The van der Waals surface area contributed by atoms with Crippen molar-refractivity contribution in [3.63, 3.8) is 0 Å². The highest BCUT2D eigenvalue weighted by molar-refractivity contribution is 7.18. The van der Waals surface area contributed by atoms with Gasteiger partial charge in [-0.25, -0.2) is 4.98 Å². The average molecular weight is 446 g/mol. The lowest BCUT2D eigenvalue weighted by molar-refractivity contribution is -0.132. The van der Waals surface area contributed by atoms with Gasteiger partial charge in [-0.15, -0.1) is 21.5 Å². The topological polar surface area (TPSA) is 63.9 Å². The Balaban J connectivity index is 1.09. The number of aromatic nitrogens is 4. The van der Waals surface area contributed by atoms with Gasteiger partial charge in [0.25, 0.3) is 0 Å². The highest BCUT2D eigenvalue weighted by atomic mass is 32.1. The molecule has 164 valence electrons. The number of carbonyl (C=O) groups is 1. The van der Waals surface area contributed by atoms with Crippen LogP contribution in [0.1, 0.15) is 36.5 Å². The Labute approximate surface area is 191 Å². The molecule has 0 atom stereocenters. The Kier molecular flexibility index (Phi) is 6.25. The smallest absolute Gasteiger partial charge is 0.222 e. The van der Waals surface area contributed by atoms with Gasteiger partial charge in [0.05, 0.1) is 15.2 Å². The van der Waals surface area contributed by atoms with Crippen molar-refractivity contribution in [2.75, 3.05) is 13.1 Å². The van der Waals surface area contributed by atoms with Crippen LogP contribution in [0.25, 0.3) is 15.9 Å². The van der Waals surface area contributed by atoms with Crippen LogP contribution in [0.2, 0.25) is 0 Å². The van der Waals surface area contributed by atoms with E-state index in [0.29, 0.717) is 12.3 Å². The fraction of sp³-hybridized carbons (Fsp3) is 0.360. The Hall–Kier alpha value is -3.06. The summed E-state index contributed by atoms with van der Waals surface area (Å²) in [5.74, 6) is 1.81. The van der Waals surface area contributed by atoms with Gasteiger partial charge in [-0.1, -0.05) is 30.3 Å². The molecule has 0 N–H and O–H groups in total. The van der Waals surface area contributed by atoms with Crippen LogP contribution in [0.3, 0.4) is 0 Å². The second-order valence-corrected chi connectivity index (χ2v) is 9.53.